The van der Waals surface area contributed by atoms with E-state index in [1.807, 2.05) is 0 Å². The molecule has 0 saturated heterocycles. The Morgan fingerprint density at radius 1 is 1.35 bits per heavy atom. The average molecular weight is 356 g/mol. The number of nitrogens with two attached hydrogens (primary N) is 1. The van der Waals surface area contributed by atoms with E-state index >= 15 is 0 Å². The number of alkyl halides is 5. The maximum Gasteiger partial charge on any atom is 0.416 e. The molecule has 1 unspecified atom stereocenters. The third kappa shape index (κ3) is 7.17. The Hall–Kier alpha value is -1.35. The van der Waals surface area contributed by atoms with Crippen molar-refractivity contribution in [3.05, 3.63) is 23.8 Å². The van der Waals surface area contributed by atoms with Crippen LogP contribution in [-0.4, -0.2) is 24.1 Å². The van der Waals surface area contributed by atoms with Crippen LogP contribution in [0.15, 0.2) is 23.1 Å². The van der Waals surface area contributed by atoms with Gasteiger partial charge >= 0.3 is 6.18 Å². The number of hydrogen-bond acceptors (Lipinski definition) is 3. The molecule has 9 heteroatoms. The number of anilines is 1. The molecule has 1 amide bonds. The summed E-state index contributed by atoms with van der Waals surface area (Å²) < 4.78 is 62.8. The van der Waals surface area contributed by atoms with Crippen LogP contribution in [0.4, 0.5) is 27.6 Å². The van der Waals surface area contributed by atoms with Gasteiger partial charge < -0.3 is 11.1 Å². The van der Waals surface area contributed by atoms with E-state index in [0.717, 1.165) is 18.2 Å². The highest BCUT2D eigenvalue weighted by Gasteiger charge is 2.31. The fourth-order valence-electron chi connectivity index (χ4n) is 1.65. The van der Waals surface area contributed by atoms with Gasteiger partial charge in [0.1, 0.15) is 0 Å². The van der Waals surface area contributed by atoms with E-state index in [1.165, 1.54) is 0 Å². The number of halogens is 5. The van der Waals surface area contributed by atoms with Gasteiger partial charge in [0.25, 0.3) is 0 Å². The molecule has 0 bridgehead atoms. The van der Waals surface area contributed by atoms with Gasteiger partial charge in [-0.25, -0.2) is 8.78 Å². The zero-order valence-electron chi connectivity index (χ0n) is 12.3. The molecule has 0 fully saturated rings. The molecule has 0 aliphatic heterocycles. The predicted molar refractivity (Wildman–Crippen MR) is 79.7 cm³/mol. The van der Waals surface area contributed by atoms with Crippen molar-refractivity contribution in [2.24, 2.45) is 5.73 Å². The number of carbonyl (C=O) groups excluding carboxylic acids is 1. The van der Waals surface area contributed by atoms with Crippen molar-refractivity contribution in [1.29, 1.82) is 0 Å². The fourth-order valence-corrected chi connectivity index (χ4v) is 2.39. The minimum Gasteiger partial charge on any atom is -0.328 e. The second-order valence-corrected chi connectivity index (χ2v) is 6.04. The number of rotatable bonds is 7. The summed E-state index contributed by atoms with van der Waals surface area (Å²) in [5.74, 6) is -1.09. The molecule has 1 atom stereocenters. The third-order valence-corrected chi connectivity index (χ3v) is 3.86. The molecule has 0 aliphatic carbocycles. The van der Waals surface area contributed by atoms with Crippen LogP contribution in [0.3, 0.4) is 0 Å². The molecule has 0 heterocycles. The Balaban J connectivity index is 2.95. The van der Waals surface area contributed by atoms with Crippen LogP contribution in [-0.2, 0) is 11.0 Å². The molecule has 0 radical (unpaired) electrons. The van der Waals surface area contributed by atoms with E-state index in [1.54, 1.807) is 6.92 Å². The summed E-state index contributed by atoms with van der Waals surface area (Å²) in [5, 5.41) is 2.34. The molecule has 1 rings (SSSR count). The van der Waals surface area contributed by atoms with Gasteiger partial charge in [-0.15, -0.1) is 11.8 Å². The van der Waals surface area contributed by atoms with Crippen molar-refractivity contribution in [2.75, 3.05) is 11.1 Å². The van der Waals surface area contributed by atoms with Gasteiger partial charge in [0.05, 0.1) is 17.0 Å². The molecule has 0 aliphatic rings. The van der Waals surface area contributed by atoms with Crippen LogP contribution in [0.5, 0.6) is 0 Å². The van der Waals surface area contributed by atoms with E-state index in [9.17, 15) is 26.7 Å². The smallest absolute Gasteiger partial charge is 0.328 e. The first-order valence-corrected chi connectivity index (χ1v) is 7.75. The topological polar surface area (TPSA) is 55.1 Å². The van der Waals surface area contributed by atoms with E-state index < -0.39 is 29.8 Å². The number of nitrogens with one attached hydrogen (secondary N) is 1. The molecule has 0 aromatic heterocycles. The van der Waals surface area contributed by atoms with Gasteiger partial charge in [-0.05, 0) is 31.5 Å². The molecule has 3 nitrogen and oxygen atoms in total. The summed E-state index contributed by atoms with van der Waals surface area (Å²) in [6.45, 7) is 1.70. The first-order valence-electron chi connectivity index (χ1n) is 6.77. The molecule has 1 aromatic rings. The summed E-state index contributed by atoms with van der Waals surface area (Å²) >= 11 is 0.684. The van der Waals surface area contributed by atoms with Crippen LogP contribution in [0.25, 0.3) is 0 Å². The van der Waals surface area contributed by atoms with Gasteiger partial charge in [0, 0.05) is 17.4 Å². The Kier molecular flexibility index (Phi) is 7.27. The van der Waals surface area contributed by atoms with Gasteiger partial charge in [-0.2, -0.15) is 13.2 Å². The predicted octanol–water partition coefficient (Wildman–Crippen LogP) is 4.13. The zero-order chi connectivity index (χ0) is 17.6. The second-order valence-electron chi connectivity index (χ2n) is 4.97. The van der Waals surface area contributed by atoms with E-state index in [0.29, 0.717) is 18.2 Å². The second kappa shape index (κ2) is 8.49. The molecule has 130 valence electrons. The quantitative estimate of drug-likeness (QED) is 0.571. The van der Waals surface area contributed by atoms with Crippen LogP contribution in [0.1, 0.15) is 25.3 Å². The Labute approximate surface area is 134 Å². The van der Waals surface area contributed by atoms with Crippen molar-refractivity contribution >= 4 is 23.4 Å². The number of hydrogen-bond donors (Lipinski definition) is 2. The molecule has 0 saturated carbocycles. The van der Waals surface area contributed by atoms with E-state index in [2.05, 4.69) is 5.32 Å². The van der Waals surface area contributed by atoms with Crippen LogP contribution in [0.2, 0.25) is 0 Å². The maximum absolute atomic E-state index is 12.7. The Morgan fingerprint density at radius 2 is 2.00 bits per heavy atom. The Bertz CT molecular complexity index is 534. The third-order valence-electron chi connectivity index (χ3n) is 2.77. The van der Waals surface area contributed by atoms with Gasteiger partial charge in [-0.3, -0.25) is 4.79 Å². The fraction of sp³-hybridized carbons (Fsp3) is 0.500. The molecule has 1 aromatic carbocycles. The van der Waals surface area contributed by atoms with Gasteiger partial charge in [-0.1, -0.05) is 0 Å². The average Bonchev–Trinajstić information content (AvgIpc) is 2.42. The Morgan fingerprint density at radius 3 is 2.52 bits per heavy atom. The van der Waals surface area contributed by atoms with E-state index in [4.69, 9.17) is 5.73 Å². The first kappa shape index (κ1) is 19.7. The lowest BCUT2D eigenvalue weighted by Gasteiger charge is -2.14. The number of benzene rings is 1. The van der Waals surface area contributed by atoms with Crippen molar-refractivity contribution in [3.63, 3.8) is 0 Å². The summed E-state index contributed by atoms with van der Waals surface area (Å²) in [6, 6.07) is 2.40. The normalized spacial score (nSPS) is 13.2. The van der Waals surface area contributed by atoms with Crippen molar-refractivity contribution in [2.45, 2.75) is 43.3 Å². The molecule has 0 spiro atoms. The zero-order valence-corrected chi connectivity index (χ0v) is 13.1. The van der Waals surface area contributed by atoms with Gasteiger partial charge in [0.15, 0.2) is 0 Å². The number of carbonyl (C=O) groups is 1. The van der Waals surface area contributed by atoms with Crippen LogP contribution in [0, 0.1) is 0 Å². The largest absolute Gasteiger partial charge is 0.416 e. The molecular weight excluding hydrogens is 339 g/mol. The lowest BCUT2D eigenvalue weighted by molar-refractivity contribution is -0.137. The summed E-state index contributed by atoms with van der Waals surface area (Å²) in [4.78, 5) is 11.9. The molecule has 23 heavy (non-hydrogen) atoms. The summed E-state index contributed by atoms with van der Waals surface area (Å²) in [6.07, 6.45) is -6.79. The van der Waals surface area contributed by atoms with Gasteiger partial charge in [0.2, 0.25) is 12.3 Å². The summed E-state index contributed by atoms with van der Waals surface area (Å²) in [5.41, 5.74) is 4.43. The number of thioether (sulfide) groups is 1. The van der Waals surface area contributed by atoms with Crippen molar-refractivity contribution < 1.29 is 26.7 Å². The van der Waals surface area contributed by atoms with Crippen LogP contribution < -0.4 is 11.1 Å². The SMILES string of the molecule is CC(N)CCC(=O)Nc1cc(C(F)(F)F)ccc1SCC(F)F. The highest BCUT2D eigenvalue weighted by atomic mass is 32.2. The summed E-state index contributed by atoms with van der Waals surface area (Å²) in [7, 11) is 0. The highest BCUT2D eigenvalue weighted by molar-refractivity contribution is 7.99. The minimum absolute atomic E-state index is 0.0346. The molecule has 3 N–H and O–H groups in total. The lowest BCUT2D eigenvalue weighted by atomic mass is 10.1. The lowest BCUT2D eigenvalue weighted by Crippen LogP contribution is -2.20. The maximum atomic E-state index is 12.7. The molecular formula is C14H17F5N2OS. The standard InChI is InChI=1S/C14H17F5N2OS/c1-8(20)2-5-13(22)21-10-6-9(14(17,18)19)3-4-11(10)23-7-12(15)16/h3-4,6,8,12H,2,5,7,20H2,1H3,(H,21,22). The number of amides is 1. The monoisotopic (exact) mass is 356 g/mol. The van der Waals surface area contributed by atoms with Crippen molar-refractivity contribution in [3.8, 4) is 0 Å². The van der Waals surface area contributed by atoms with E-state index in [-0.39, 0.29) is 23.0 Å². The highest BCUT2D eigenvalue weighted by Crippen LogP contribution is 2.36. The van der Waals surface area contributed by atoms with Crippen molar-refractivity contribution in [1.82, 2.24) is 0 Å². The first-order chi connectivity index (χ1) is 10.6. The van der Waals surface area contributed by atoms with Crippen LogP contribution >= 0.6 is 11.8 Å². The minimum atomic E-state index is -4.59.